The summed E-state index contributed by atoms with van der Waals surface area (Å²) in [4.78, 5) is 10.5. The summed E-state index contributed by atoms with van der Waals surface area (Å²) in [7, 11) is 0. The third-order valence-electron chi connectivity index (χ3n) is 3.87. The van der Waals surface area contributed by atoms with Crippen molar-refractivity contribution < 1.29 is 24.1 Å². The summed E-state index contributed by atoms with van der Waals surface area (Å²) in [6.45, 7) is 12.0. The van der Waals surface area contributed by atoms with E-state index in [2.05, 4.69) is 0 Å². The Morgan fingerprint density at radius 3 is 1.38 bits per heavy atom. The number of carboxylic acids is 1. The molecule has 0 aromatic carbocycles. The van der Waals surface area contributed by atoms with Gasteiger partial charge in [0.05, 0.1) is 18.3 Å². The minimum Gasteiger partial charge on any atom is -0.481 e. The Labute approximate surface area is 160 Å². The number of hydrogen-bond donors (Lipinski definition) is 1. The van der Waals surface area contributed by atoms with E-state index in [-0.39, 0.29) is 18.3 Å². The molecule has 0 aliphatic heterocycles. The first-order valence-electron chi connectivity index (χ1n) is 10.4. The normalized spacial score (nSPS) is 12.5. The second-order valence-electron chi connectivity index (χ2n) is 7.90. The number of unbranched alkanes of at least 4 members (excludes halogenated alkanes) is 7. The van der Waals surface area contributed by atoms with E-state index in [0.29, 0.717) is 6.42 Å². The van der Waals surface area contributed by atoms with Gasteiger partial charge in [0.15, 0.2) is 0 Å². The first-order valence-corrected chi connectivity index (χ1v) is 10.4. The molecule has 0 unspecified atom stereocenters. The van der Waals surface area contributed by atoms with Crippen LogP contribution in [0.1, 0.15) is 106 Å². The summed E-state index contributed by atoms with van der Waals surface area (Å²) < 4.78 is 18.2. The summed E-state index contributed by atoms with van der Waals surface area (Å²) in [5.41, 5.74) is 0. The highest BCUT2D eigenvalue weighted by Crippen LogP contribution is 2.28. The fourth-order valence-electron chi connectivity index (χ4n) is 3.02. The molecule has 0 saturated heterocycles. The van der Waals surface area contributed by atoms with Gasteiger partial charge in [0, 0.05) is 12.8 Å². The Bertz CT molecular complexity index is 326. The van der Waals surface area contributed by atoms with Gasteiger partial charge >= 0.3 is 5.97 Å². The lowest BCUT2D eigenvalue weighted by Gasteiger charge is -2.37. The smallest absolute Gasteiger partial charge is 0.303 e. The molecular formula is C21H42O5. The second-order valence-corrected chi connectivity index (χ2v) is 7.90. The molecule has 0 fully saturated rings. The van der Waals surface area contributed by atoms with Gasteiger partial charge in [-0.3, -0.25) is 4.79 Å². The van der Waals surface area contributed by atoms with Crippen LogP contribution in [0, 0.1) is 0 Å². The Hall–Kier alpha value is -0.650. The van der Waals surface area contributed by atoms with Crippen molar-refractivity contribution in [1.82, 2.24) is 0 Å². The van der Waals surface area contributed by atoms with Crippen LogP contribution in [0.5, 0.6) is 0 Å². The maximum Gasteiger partial charge on any atom is 0.303 e. The Morgan fingerprint density at radius 2 is 1.04 bits per heavy atom. The zero-order valence-corrected chi connectivity index (χ0v) is 17.9. The van der Waals surface area contributed by atoms with E-state index in [1.165, 1.54) is 19.3 Å². The monoisotopic (exact) mass is 374 g/mol. The topological polar surface area (TPSA) is 65.0 Å². The lowest BCUT2D eigenvalue weighted by atomic mass is 10.1. The number of hydrogen-bond acceptors (Lipinski definition) is 4. The fraction of sp³-hybridized carbons (Fsp3) is 0.952. The van der Waals surface area contributed by atoms with Crippen LogP contribution < -0.4 is 0 Å². The summed E-state index contributed by atoms with van der Waals surface area (Å²) in [5.74, 6) is -1.64. The molecule has 0 aliphatic rings. The molecule has 0 heterocycles. The van der Waals surface area contributed by atoms with Gasteiger partial charge in [-0.2, -0.15) is 0 Å². The van der Waals surface area contributed by atoms with E-state index >= 15 is 0 Å². The molecule has 0 aromatic heterocycles. The molecule has 5 nitrogen and oxygen atoms in total. The molecule has 0 amide bonds. The van der Waals surface area contributed by atoms with Crippen molar-refractivity contribution in [3.63, 3.8) is 0 Å². The number of carbonyl (C=O) groups is 1. The molecule has 5 heteroatoms. The Morgan fingerprint density at radius 1 is 0.692 bits per heavy atom. The Kier molecular flexibility index (Phi) is 14.1. The third-order valence-corrected chi connectivity index (χ3v) is 3.87. The van der Waals surface area contributed by atoms with Crippen molar-refractivity contribution in [2.24, 2.45) is 0 Å². The fourth-order valence-corrected chi connectivity index (χ4v) is 3.02. The van der Waals surface area contributed by atoms with Crippen molar-refractivity contribution in [3.05, 3.63) is 0 Å². The summed E-state index contributed by atoms with van der Waals surface area (Å²) in [6.07, 6.45) is 9.77. The molecular weight excluding hydrogens is 332 g/mol. The molecule has 26 heavy (non-hydrogen) atoms. The summed E-state index contributed by atoms with van der Waals surface area (Å²) in [6, 6.07) is 0. The SMILES string of the molecule is CC(C)OC(CCCCCCCCCCC(=O)O)(OC(C)C)OC(C)C. The maximum absolute atomic E-state index is 10.5. The maximum atomic E-state index is 10.5. The van der Waals surface area contributed by atoms with Crippen LogP contribution in [0.15, 0.2) is 0 Å². The van der Waals surface area contributed by atoms with Crippen LogP contribution >= 0.6 is 0 Å². The highest BCUT2D eigenvalue weighted by Gasteiger charge is 2.36. The predicted octanol–water partition coefficient (Wildman–Crippen LogP) is 5.90. The van der Waals surface area contributed by atoms with E-state index in [4.69, 9.17) is 19.3 Å². The van der Waals surface area contributed by atoms with Gasteiger partial charge in [0.25, 0.3) is 5.97 Å². The number of aliphatic carboxylic acids is 1. The molecule has 0 bridgehead atoms. The highest BCUT2D eigenvalue weighted by atomic mass is 16.9. The van der Waals surface area contributed by atoms with Crippen LogP contribution in [0.2, 0.25) is 0 Å². The van der Waals surface area contributed by atoms with E-state index in [1.807, 2.05) is 41.5 Å². The van der Waals surface area contributed by atoms with E-state index in [1.54, 1.807) is 0 Å². The zero-order valence-electron chi connectivity index (χ0n) is 17.9. The molecule has 156 valence electrons. The van der Waals surface area contributed by atoms with Crippen molar-refractivity contribution in [1.29, 1.82) is 0 Å². The van der Waals surface area contributed by atoms with Crippen molar-refractivity contribution >= 4 is 5.97 Å². The molecule has 0 radical (unpaired) electrons. The minimum absolute atomic E-state index is 0.0401. The first-order chi connectivity index (χ1) is 12.2. The van der Waals surface area contributed by atoms with E-state index < -0.39 is 11.9 Å². The standard InChI is InChI=1S/C21H42O5/c1-17(2)24-21(25-18(3)4,26-19(5)6)16-14-12-10-8-7-9-11-13-15-20(22)23/h17-19H,7-16H2,1-6H3,(H,22,23). The van der Waals surface area contributed by atoms with Gasteiger partial charge in [-0.15, -0.1) is 0 Å². The van der Waals surface area contributed by atoms with Crippen LogP contribution in [0.25, 0.3) is 0 Å². The largest absolute Gasteiger partial charge is 0.481 e. The first kappa shape index (κ1) is 25.4. The molecule has 0 rings (SSSR count). The van der Waals surface area contributed by atoms with Gasteiger partial charge in [-0.05, 0) is 54.4 Å². The molecule has 0 saturated carbocycles. The number of carboxylic acid groups (broad SMARTS) is 1. The predicted molar refractivity (Wildman–Crippen MR) is 105 cm³/mol. The van der Waals surface area contributed by atoms with Gasteiger partial charge in [0.1, 0.15) is 0 Å². The number of ether oxygens (including phenoxy) is 3. The quantitative estimate of drug-likeness (QED) is 0.253. The van der Waals surface area contributed by atoms with Gasteiger partial charge < -0.3 is 19.3 Å². The second kappa shape index (κ2) is 14.4. The highest BCUT2D eigenvalue weighted by molar-refractivity contribution is 5.66. The average molecular weight is 375 g/mol. The van der Waals surface area contributed by atoms with Crippen molar-refractivity contribution in [2.45, 2.75) is 130 Å². The van der Waals surface area contributed by atoms with Crippen molar-refractivity contribution in [3.8, 4) is 0 Å². The van der Waals surface area contributed by atoms with E-state index in [0.717, 1.165) is 38.5 Å². The van der Waals surface area contributed by atoms with E-state index in [9.17, 15) is 4.79 Å². The average Bonchev–Trinajstić information content (AvgIpc) is 2.46. The van der Waals surface area contributed by atoms with Gasteiger partial charge in [0.2, 0.25) is 0 Å². The lowest BCUT2D eigenvalue weighted by Crippen LogP contribution is -2.44. The molecule has 1 N–H and O–H groups in total. The Balaban J connectivity index is 4.13. The summed E-state index contributed by atoms with van der Waals surface area (Å²) in [5, 5.41) is 8.61. The van der Waals surface area contributed by atoms with Crippen LogP contribution in [0.4, 0.5) is 0 Å². The van der Waals surface area contributed by atoms with Crippen LogP contribution in [0.3, 0.4) is 0 Å². The van der Waals surface area contributed by atoms with Gasteiger partial charge in [-0.25, -0.2) is 0 Å². The molecule has 0 spiro atoms. The minimum atomic E-state index is -0.951. The molecule has 0 aromatic rings. The van der Waals surface area contributed by atoms with Gasteiger partial charge in [-0.1, -0.05) is 38.5 Å². The van der Waals surface area contributed by atoms with Crippen molar-refractivity contribution in [2.75, 3.05) is 0 Å². The number of rotatable bonds is 17. The lowest BCUT2D eigenvalue weighted by molar-refractivity contribution is -0.412. The third kappa shape index (κ3) is 14.5. The van der Waals surface area contributed by atoms with Crippen LogP contribution in [-0.2, 0) is 19.0 Å². The molecule has 0 atom stereocenters. The zero-order chi connectivity index (χ0) is 20.0. The molecule has 0 aliphatic carbocycles. The van der Waals surface area contributed by atoms with Crippen LogP contribution in [-0.4, -0.2) is 35.4 Å². The summed E-state index contributed by atoms with van der Waals surface area (Å²) >= 11 is 0.